The molecule has 0 aromatic carbocycles. The molecule has 148 valence electrons. The minimum atomic E-state index is -4.18. The van der Waals surface area contributed by atoms with Crippen molar-refractivity contribution in [2.75, 3.05) is 13.1 Å². The van der Waals surface area contributed by atoms with E-state index in [2.05, 4.69) is 10.1 Å². The second kappa shape index (κ2) is 9.11. The minimum Gasteiger partial charge on any atom is -0.462 e. The highest BCUT2D eigenvalue weighted by Crippen LogP contribution is 2.21. The van der Waals surface area contributed by atoms with Crippen LogP contribution in [-0.2, 0) is 19.4 Å². The Balaban J connectivity index is 3.20. The topological polar surface area (TPSA) is 111 Å². The summed E-state index contributed by atoms with van der Waals surface area (Å²) in [5.74, 6) is -0.894. The maximum Gasteiger partial charge on any atom is 0.346 e. The zero-order valence-electron chi connectivity index (χ0n) is 16.2. The molecule has 1 rings (SSSR count). The minimum absolute atomic E-state index is 0.0612. The molecule has 1 amide bonds. The quantitative estimate of drug-likeness (QED) is 0.623. The van der Waals surface area contributed by atoms with Gasteiger partial charge in [0.2, 0.25) is 9.84 Å². The highest BCUT2D eigenvalue weighted by atomic mass is 32.2. The van der Waals surface area contributed by atoms with Gasteiger partial charge < -0.3 is 9.64 Å². The molecule has 0 bridgehead atoms. The largest absolute Gasteiger partial charge is 0.462 e. The van der Waals surface area contributed by atoms with Crippen LogP contribution in [0.2, 0.25) is 0 Å². The van der Waals surface area contributed by atoms with Crippen LogP contribution in [0, 0.1) is 5.92 Å². The Kier molecular flexibility index (Phi) is 7.73. The fourth-order valence-corrected chi connectivity index (χ4v) is 3.92. The van der Waals surface area contributed by atoms with Gasteiger partial charge in [0, 0.05) is 13.1 Å². The van der Waals surface area contributed by atoms with Crippen molar-refractivity contribution in [2.45, 2.75) is 64.5 Å². The monoisotopic (exact) mass is 388 g/mol. The molecule has 1 atom stereocenters. The van der Waals surface area contributed by atoms with Gasteiger partial charge in [0.15, 0.2) is 5.25 Å². The van der Waals surface area contributed by atoms with Gasteiger partial charge in [-0.05, 0) is 40.0 Å². The molecule has 1 unspecified atom stereocenters. The van der Waals surface area contributed by atoms with Crippen molar-refractivity contribution in [3.8, 4) is 0 Å². The summed E-state index contributed by atoms with van der Waals surface area (Å²) in [6, 6.07) is -0.478. The third-order valence-electron chi connectivity index (χ3n) is 3.63. The van der Waals surface area contributed by atoms with E-state index < -0.39 is 38.3 Å². The fraction of sp³-hybridized carbons (Fsp3) is 0.750. The smallest absolute Gasteiger partial charge is 0.346 e. The van der Waals surface area contributed by atoms with Crippen molar-refractivity contribution in [3.05, 3.63) is 6.33 Å². The molecule has 9 nitrogen and oxygen atoms in total. The molecule has 1 aromatic rings. The standard InChI is InChI=1S/C16H28N4O5S/c1-7-19(8-2)16(22)20-10-17-15(18-20)26(23,24)13(9-11(3)4)14(21)25-12(5)6/h10-13H,7-9H2,1-6H3. The maximum atomic E-state index is 12.9. The van der Waals surface area contributed by atoms with Crippen LogP contribution in [0.1, 0.15) is 48.0 Å². The van der Waals surface area contributed by atoms with Crippen molar-refractivity contribution < 1.29 is 22.7 Å². The summed E-state index contributed by atoms with van der Waals surface area (Å²) in [4.78, 5) is 29.8. The molecule has 0 saturated carbocycles. The van der Waals surface area contributed by atoms with Crippen LogP contribution in [0.3, 0.4) is 0 Å². The van der Waals surface area contributed by atoms with Crippen LogP contribution in [-0.4, -0.2) is 64.5 Å². The molecule has 0 saturated heterocycles. The third kappa shape index (κ3) is 5.26. The molecule has 0 radical (unpaired) electrons. The molecule has 10 heteroatoms. The summed E-state index contributed by atoms with van der Waals surface area (Å²) >= 11 is 0. The SMILES string of the molecule is CCN(CC)C(=O)n1cnc(S(=O)(=O)C(CC(C)C)C(=O)OC(C)C)n1. The Hall–Kier alpha value is -1.97. The van der Waals surface area contributed by atoms with E-state index in [4.69, 9.17) is 4.74 Å². The molecule has 0 aliphatic carbocycles. The van der Waals surface area contributed by atoms with Gasteiger partial charge in [0.25, 0.3) is 5.16 Å². The first-order valence-corrected chi connectivity index (χ1v) is 10.2. The average molecular weight is 388 g/mol. The number of aromatic nitrogens is 3. The zero-order valence-corrected chi connectivity index (χ0v) is 17.0. The van der Waals surface area contributed by atoms with Gasteiger partial charge in [-0.3, -0.25) is 4.79 Å². The molecule has 0 fully saturated rings. The summed E-state index contributed by atoms with van der Waals surface area (Å²) in [5.41, 5.74) is 0. The molecule has 0 aliphatic heterocycles. The third-order valence-corrected chi connectivity index (χ3v) is 5.46. The number of sulfone groups is 1. The van der Waals surface area contributed by atoms with E-state index in [-0.39, 0.29) is 12.3 Å². The summed E-state index contributed by atoms with van der Waals surface area (Å²) < 4.78 is 31.7. The molecule has 0 spiro atoms. The Morgan fingerprint density at radius 3 is 2.23 bits per heavy atom. The number of nitrogens with zero attached hydrogens (tertiary/aromatic N) is 4. The number of hydrogen-bond donors (Lipinski definition) is 0. The number of carbonyl (C=O) groups is 2. The number of carbonyl (C=O) groups excluding carboxylic acids is 2. The predicted octanol–water partition coefficient (Wildman–Crippen LogP) is 1.73. The highest BCUT2D eigenvalue weighted by Gasteiger charge is 2.39. The predicted molar refractivity (Wildman–Crippen MR) is 95.4 cm³/mol. The van der Waals surface area contributed by atoms with E-state index in [1.807, 2.05) is 0 Å². The lowest BCUT2D eigenvalue weighted by molar-refractivity contribution is -0.147. The summed E-state index contributed by atoms with van der Waals surface area (Å²) in [6.45, 7) is 11.4. The number of amides is 1. The van der Waals surface area contributed by atoms with Gasteiger partial charge in [-0.25, -0.2) is 18.2 Å². The summed E-state index contributed by atoms with van der Waals surface area (Å²) in [6.07, 6.45) is 0.683. The van der Waals surface area contributed by atoms with Gasteiger partial charge in [-0.2, -0.15) is 4.68 Å². The highest BCUT2D eigenvalue weighted by molar-refractivity contribution is 7.92. The Morgan fingerprint density at radius 1 is 1.19 bits per heavy atom. The zero-order chi connectivity index (χ0) is 20.1. The van der Waals surface area contributed by atoms with E-state index in [1.165, 1.54) is 4.90 Å². The number of esters is 1. The van der Waals surface area contributed by atoms with E-state index >= 15 is 0 Å². The second-order valence-electron chi connectivity index (χ2n) is 6.58. The van der Waals surface area contributed by atoms with E-state index in [9.17, 15) is 18.0 Å². The molecular formula is C16H28N4O5S. The first-order valence-electron chi connectivity index (χ1n) is 8.69. The molecular weight excluding hydrogens is 360 g/mol. The van der Waals surface area contributed by atoms with Gasteiger partial charge >= 0.3 is 12.0 Å². The summed E-state index contributed by atoms with van der Waals surface area (Å²) in [7, 11) is -4.18. The van der Waals surface area contributed by atoms with Crippen LogP contribution >= 0.6 is 0 Å². The number of ether oxygens (including phenoxy) is 1. The number of rotatable bonds is 8. The van der Waals surface area contributed by atoms with Gasteiger partial charge in [0.1, 0.15) is 6.33 Å². The van der Waals surface area contributed by atoms with Crippen molar-refractivity contribution >= 4 is 21.8 Å². The first-order chi connectivity index (χ1) is 12.0. The normalized spacial score (nSPS) is 13.1. The molecule has 26 heavy (non-hydrogen) atoms. The van der Waals surface area contributed by atoms with Crippen LogP contribution < -0.4 is 0 Å². The lowest BCUT2D eigenvalue weighted by Crippen LogP contribution is -2.36. The van der Waals surface area contributed by atoms with E-state index in [0.717, 1.165) is 11.0 Å². The Bertz CT molecular complexity index is 723. The molecule has 0 aliphatic rings. The Labute approximate surface area is 154 Å². The fourth-order valence-electron chi connectivity index (χ4n) is 2.32. The van der Waals surface area contributed by atoms with E-state index in [0.29, 0.717) is 13.1 Å². The molecule has 1 aromatic heterocycles. The maximum absolute atomic E-state index is 12.9. The van der Waals surface area contributed by atoms with Crippen LogP contribution in [0.5, 0.6) is 0 Å². The van der Waals surface area contributed by atoms with Crippen LogP contribution in [0.25, 0.3) is 0 Å². The van der Waals surface area contributed by atoms with Gasteiger partial charge in [0.05, 0.1) is 6.10 Å². The Morgan fingerprint density at radius 2 is 1.77 bits per heavy atom. The second-order valence-corrected chi connectivity index (χ2v) is 8.60. The van der Waals surface area contributed by atoms with Crippen molar-refractivity contribution in [1.82, 2.24) is 19.7 Å². The van der Waals surface area contributed by atoms with E-state index in [1.54, 1.807) is 41.5 Å². The van der Waals surface area contributed by atoms with Gasteiger partial charge in [-0.1, -0.05) is 13.8 Å². The molecule has 0 N–H and O–H groups in total. The first kappa shape index (κ1) is 22.1. The lowest BCUT2D eigenvalue weighted by Gasteiger charge is -2.18. The average Bonchev–Trinajstić information content (AvgIpc) is 3.03. The van der Waals surface area contributed by atoms with Crippen LogP contribution in [0.4, 0.5) is 4.79 Å². The number of hydrogen-bond acceptors (Lipinski definition) is 7. The lowest BCUT2D eigenvalue weighted by atomic mass is 10.1. The summed E-state index contributed by atoms with van der Waals surface area (Å²) in [5, 5.41) is 1.84. The van der Waals surface area contributed by atoms with Crippen molar-refractivity contribution in [1.29, 1.82) is 0 Å². The van der Waals surface area contributed by atoms with Crippen molar-refractivity contribution in [3.63, 3.8) is 0 Å². The van der Waals surface area contributed by atoms with Crippen molar-refractivity contribution in [2.24, 2.45) is 5.92 Å². The molecule has 1 heterocycles. The van der Waals surface area contributed by atoms with Crippen LogP contribution in [0.15, 0.2) is 11.5 Å². The van der Waals surface area contributed by atoms with Gasteiger partial charge in [-0.15, -0.1) is 5.10 Å².